The van der Waals surface area contributed by atoms with Crippen LogP contribution < -0.4 is 5.32 Å². The lowest BCUT2D eigenvalue weighted by Gasteiger charge is -2.38. The molecule has 1 N–H and O–H groups in total. The van der Waals surface area contributed by atoms with E-state index in [1.807, 2.05) is 12.1 Å². The SMILES string of the molecule is CC(C)(CCc1ccc(F)cc1)N1CCCNCC1. The molecule has 1 fully saturated rings. The van der Waals surface area contributed by atoms with Crippen molar-refractivity contribution in [3.63, 3.8) is 0 Å². The summed E-state index contributed by atoms with van der Waals surface area (Å²) in [7, 11) is 0. The van der Waals surface area contributed by atoms with E-state index in [9.17, 15) is 4.39 Å². The maximum atomic E-state index is 12.9. The molecule has 19 heavy (non-hydrogen) atoms. The molecule has 0 unspecified atom stereocenters. The maximum absolute atomic E-state index is 12.9. The van der Waals surface area contributed by atoms with Crippen LogP contribution in [-0.4, -0.2) is 36.6 Å². The van der Waals surface area contributed by atoms with Crippen molar-refractivity contribution in [2.24, 2.45) is 0 Å². The number of benzene rings is 1. The normalized spacial score (nSPS) is 18.3. The van der Waals surface area contributed by atoms with Gasteiger partial charge in [0.1, 0.15) is 5.82 Å². The molecule has 106 valence electrons. The smallest absolute Gasteiger partial charge is 0.123 e. The van der Waals surface area contributed by atoms with E-state index in [-0.39, 0.29) is 11.4 Å². The molecule has 0 bridgehead atoms. The van der Waals surface area contributed by atoms with Crippen LogP contribution in [0.3, 0.4) is 0 Å². The molecule has 0 amide bonds. The van der Waals surface area contributed by atoms with Crippen molar-refractivity contribution in [3.05, 3.63) is 35.6 Å². The Bertz CT molecular complexity index is 378. The number of halogens is 1. The Morgan fingerprint density at radius 1 is 1.16 bits per heavy atom. The molecule has 3 heteroatoms. The molecular formula is C16H25FN2. The fourth-order valence-corrected chi connectivity index (χ4v) is 2.71. The van der Waals surface area contributed by atoms with Gasteiger partial charge in [-0.1, -0.05) is 12.1 Å². The molecule has 1 heterocycles. The van der Waals surface area contributed by atoms with Crippen LogP contribution in [0, 0.1) is 5.82 Å². The van der Waals surface area contributed by atoms with Crippen LogP contribution in [0.4, 0.5) is 4.39 Å². The lowest BCUT2D eigenvalue weighted by molar-refractivity contribution is 0.120. The van der Waals surface area contributed by atoms with Crippen LogP contribution in [-0.2, 0) is 6.42 Å². The molecule has 1 aromatic rings. The first-order chi connectivity index (χ1) is 9.08. The second-order valence-electron chi connectivity index (χ2n) is 6.03. The van der Waals surface area contributed by atoms with Crippen LogP contribution in [0.25, 0.3) is 0 Å². The molecule has 1 aromatic carbocycles. The molecule has 0 radical (unpaired) electrons. The highest BCUT2D eigenvalue weighted by atomic mass is 19.1. The van der Waals surface area contributed by atoms with Gasteiger partial charge in [0.05, 0.1) is 0 Å². The number of hydrogen-bond acceptors (Lipinski definition) is 2. The minimum Gasteiger partial charge on any atom is -0.315 e. The van der Waals surface area contributed by atoms with E-state index in [2.05, 4.69) is 24.1 Å². The Morgan fingerprint density at radius 2 is 1.89 bits per heavy atom. The third-order valence-corrected chi connectivity index (χ3v) is 4.13. The lowest BCUT2D eigenvalue weighted by Crippen LogP contribution is -2.46. The largest absolute Gasteiger partial charge is 0.315 e. The van der Waals surface area contributed by atoms with E-state index in [1.54, 1.807) is 12.1 Å². The highest BCUT2D eigenvalue weighted by molar-refractivity contribution is 5.16. The van der Waals surface area contributed by atoms with Crippen LogP contribution in [0.15, 0.2) is 24.3 Å². The van der Waals surface area contributed by atoms with Gasteiger partial charge in [-0.15, -0.1) is 0 Å². The van der Waals surface area contributed by atoms with Gasteiger partial charge in [0.15, 0.2) is 0 Å². The second-order valence-corrected chi connectivity index (χ2v) is 6.03. The zero-order valence-corrected chi connectivity index (χ0v) is 12.1. The van der Waals surface area contributed by atoms with Gasteiger partial charge in [-0.2, -0.15) is 0 Å². The summed E-state index contributed by atoms with van der Waals surface area (Å²) < 4.78 is 12.9. The highest BCUT2D eigenvalue weighted by Crippen LogP contribution is 2.22. The van der Waals surface area contributed by atoms with Crippen molar-refractivity contribution >= 4 is 0 Å². The van der Waals surface area contributed by atoms with Gasteiger partial charge in [-0.05, 0) is 63.9 Å². The maximum Gasteiger partial charge on any atom is 0.123 e. The summed E-state index contributed by atoms with van der Waals surface area (Å²) in [6, 6.07) is 6.90. The predicted molar refractivity (Wildman–Crippen MR) is 77.9 cm³/mol. The van der Waals surface area contributed by atoms with Gasteiger partial charge >= 0.3 is 0 Å². The number of aryl methyl sites for hydroxylation is 1. The zero-order chi connectivity index (χ0) is 13.7. The minimum atomic E-state index is -0.151. The van der Waals surface area contributed by atoms with Crippen molar-refractivity contribution < 1.29 is 4.39 Å². The Labute approximate surface area is 116 Å². The van der Waals surface area contributed by atoms with Gasteiger partial charge < -0.3 is 5.32 Å². The Kier molecular flexibility index (Phi) is 4.94. The first-order valence-corrected chi connectivity index (χ1v) is 7.28. The molecule has 1 aliphatic rings. The summed E-state index contributed by atoms with van der Waals surface area (Å²) in [6.07, 6.45) is 3.34. The third-order valence-electron chi connectivity index (χ3n) is 4.13. The third kappa shape index (κ3) is 4.29. The molecule has 0 saturated carbocycles. The summed E-state index contributed by atoms with van der Waals surface area (Å²) in [5.41, 5.74) is 1.43. The van der Waals surface area contributed by atoms with Gasteiger partial charge in [0, 0.05) is 18.6 Å². The predicted octanol–water partition coefficient (Wildman–Crippen LogP) is 2.83. The monoisotopic (exact) mass is 264 g/mol. The van der Waals surface area contributed by atoms with Gasteiger partial charge in [0.25, 0.3) is 0 Å². The zero-order valence-electron chi connectivity index (χ0n) is 12.1. The molecule has 0 aromatic heterocycles. The molecule has 1 aliphatic heterocycles. The summed E-state index contributed by atoms with van der Waals surface area (Å²) in [4.78, 5) is 2.58. The van der Waals surface area contributed by atoms with E-state index in [0.717, 1.165) is 32.5 Å². The van der Waals surface area contributed by atoms with Crippen molar-refractivity contribution in [1.82, 2.24) is 10.2 Å². The lowest BCUT2D eigenvalue weighted by atomic mass is 9.93. The van der Waals surface area contributed by atoms with Crippen molar-refractivity contribution in [1.29, 1.82) is 0 Å². The van der Waals surface area contributed by atoms with Crippen molar-refractivity contribution in [3.8, 4) is 0 Å². The molecule has 2 rings (SSSR count). The van der Waals surface area contributed by atoms with E-state index >= 15 is 0 Å². The number of nitrogens with one attached hydrogen (secondary N) is 1. The summed E-state index contributed by atoms with van der Waals surface area (Å²) >= 11 is 0. The Morgan fingerprint density at radius 3 is 2.63 bits per heavy atom. The minimum absolute atomic E-state index is 0.151. The summed E-state index contributed by atoms with van der Waals surface area (Å²) in [6.45, 7) is 9.15. The fourth-order valence-electron chi connectivity index (χ4n) is 2.71. The molecule has 1 saturated heterocycles. The second kappa shape index (κ2) is 6.49. The van der Waals surface area contributed by atoms with E-state index in [0.29, 0.717) is 0 Å². The summed E-state index contributed by atoms with van der Waals surface area (Å²) in [5.74, 6) is -0.151. The number of hydrogen-bond donors (Lipinski definition) is 1. The average Bonchev–Trinajstić information content (AvgIpc) is 2.67. The molecular weight excluding hydrogens is 239 g/mol. The van der Waals surface area contributed by atoms with Gasteiger partial charge in [-0.3, -0.25) is 4.90 Å². The number of rotatable bonds is 4. The Balaban J connectivity index is 1.90. The summed E-state index contributed by atoms with van der Waals surface area (Å²) in [5, 5.41) is 3.45. The highest BCUT2D eigenvalue weighted by Gasteiger charge is 2.26. The Hall–Kier alpha value is -0.930. The van der Waals surface area contributed by atoms with Gasteiger partial charge in [-0.25, -0.2) is 4.39 Å². The molecule has 0 spiro atoms. The fraction of sp³-hybridized carbons (Fsp3) is 0.625. The first-order valence-electron chi connectivity index (χ1n) is 7.28. The topological polar surface area (TPSA) is 15.3 Å². The van der Waals surface area contributed by atoms with E-state index < -0.39 is 0 Å². The molecule has 0 aliphatic carbocycles. The first kappa shape index (κ1) is 14.5. The van der Waals surface area contributed by atoms with Crippen LogP contribution >= 0.6 is 0 Å². The number of nitrogens with zero attached hydrogens (tertiary/aromatic N) is 1. The van der Waals surface area contributed by atoms with E-state index in [1.165, 1.54) is 18.5 Å². The van der Waals surface area contributed by atoms with E-state index in [4.69, 9.17) is 0 Å². The van der Waals surface area contributed by atoms with Crippen molar-refractivity contribution in [2.75, 3.05) is 26.2 Å². The van der Waals surface area contributed by atoms with Crippen LogP contribution in [0.1, 0.15) is 32.3 Å². The van der Waals surface area contributed by atoms with Crippen LogP contribution in [0.5, 0.6) is 0 Å². The average molecular weight is 264 g/mol. The standard InChI is InChI=1S/C16H25FN2/c1-16(2,19-12-3-10-18-11-13-19)9-8-14-4-6-15(17)7-5-14/h4-7,18H,3,8-13H2,1-2H3. The molecule has 0 atom stereocenters. The molecule has 2 nitrogen and oxygen atoms in total. The van der Waals surface area contributed by atoms with Crippen LogP contribution in [0.2, 0.25) is 0 Å². The van der Waals surface area contributed by atoms with Crippen molar-refractivity contribution in [2.45, 2.75) is 38.6 Å². The van der Waals surface area contributed by atoms with Gasteiger partial charge in [0.2, 0.25) is 0 Å². The quantitative estimate of drug-likeness (QED) is 0.899.